The summed E-state index contributed by atoms with van der Waals surface area (Å²) in [6, 6.07) is -0.203. The van der Waals surface area contributed by atoms with Gasteiger partial charge in [-0.25, -0.2) is 4.79 Å². The Morgan fingerprint density at radius 1 is 1.58 bits per heavy atom. The fourth-order valence-corrected chi connectivity index (χ4v) is 2.99. The minimum Gasteiger partial charge on any atom is -0.391 e. The fourth-order valence-electron chi connectivity index (χ4n) is 2.05. The summed E-state index contributed by atoms with van der Waals surface area (Å²) in [4.78, 5) is 13.6. The van der Waals surface area contributed by atoms with Crippen LogP contribution in [0.1, 0.15) is 31.7 Å². The molecule has 0 saturated carbocycles. The number of anilines is 1. The lowest BCUT2D eigenvalue weighted by atomic mass is 10.1. The first-order valence-corrected chi connectivity index (χ1v) is 7.42. The van der Waals surface area contributed by atoms with E-state index in [-0.39, 0.29) is 6.03 Å². The number of urea groups is 1. The van der Waals surface area contributed by atoms with Crippen molar-refractivity contribution >= 4 is 22.5 Å². The molecule has 0 aromatic carbocycles. The standard InChI is InChI=1S/C12H20N4O2S/c1-8(2)6-10-14-15-11(19-10)13-12(18)16-5-3-4-9(17)7-16/h8-9,17H,3-7H2,1-2H3,(H,13,15,18). The lowest BCUT2D eigenvalue weighted by Gasteiger charge is -2.29. The number of β-amino-alcohol motifs (C(OH)–C–C–N with tert-alkyl or cyclic N) is 1. The highest BCUT2D eigenvalue weighted by Crippen LogP contribution is 2.19. The zero-order valence-electron chi connectivity index (χ0n) is 11.3. The Morgan fingerprint density at radius 3 is 3.05 bits per heavy atom. The average Bonchev–Trinajstić information content (AvgIpc) is 2.75. The van der Waals surface area contributed by atoms with E-state index in [9.17, 15) is 9.90 Å². The Kier molecular flexibility index (Phi) is 4.71. The average molecular weight is 284 g/mol. The minimum absolute atomic E-state index is 0.203. The molecule has 0 aliphatic carbocycles. The van der Waals surface area contributed by atoms with E-state index in [4.69, 9.17) is 0 Å². The number of aliphatic hydroxyl groups excluding tert-OH is 1. The van der Waals surface area contributed by atoms with Crippen LogP contribution in [0.3, 0.4) is 0 Å². The first-order valence-electron chi connectivity index (χ1n) is 6.61. The monoisotopic (exact) mass is 284 g/mol. The number of nitrogens with zero attached hydrogens (tertiary/aromatic N) is 3. The van der Waals surface area contributed by atoms with Crippen LogP contribution >= 0.6 is 11.3 Å². The topological polar surface area (TPSA) is 78.4 Å². The Morgan fingerprint density at radius 2 is 2.37 bits per heavy atom. The van der Waals surface area contributed by atoms with Crippen LogP contribution in [0.2, 0.25) is 0 Å². The van der Waals surface area contributed by atoms with Crippen molar-refractivity contribution < 1.29 is 9.90 Å². The van der Waals surface area contributed by atoms with E-state index in [1.165, 1.54) is 11.3 Å². The lowest BCUT2D eigenvalue weighted by molar-refractivity contribution is 0.0883. The molecule has 1 aliphatic heterocycles. The second-order valence-electron chi connectivity index (χ2n) is 5.27. The molecule has 1 aliphatic rings. The first-order chi connectivity index (χ1) is 9.04. The van der Waals surface area contributed by atoms with Gasteiger partial charge >= 0.3 is 6.03 Å². The van der Waals surface area contributed by atoms with Gasteiger partial charge in [-0.15, -0.1) is 10.2 Å². The Bertz CT molecular complexity index is 435. The zero-order chi connectivity index (χ0) is 13.8. The van der Waals surface area contributed by atoms with Gasteiger partial charge in [-0.2, -0.15) is 0 Å². The summed E-state index contributed by atoms with van der Waals surface area (Å²) in [5, 5.41) is 21.8. The maximum atomic E-state index is 12.0. The molecule has 6 nitrogen and oxygen atoms in total. The van der Waals surface area contributed by atoms with Gasteiger partial charge in [0.25, 0.3) is 0 Å². The van der Waals surface area contributed by atoms with Crippen LogP contribution in [-0.4, -0.2) is 45.4 Å². The molecule has 0 radical (unpaired) electrons. The summed E-state index contributed by atoms with van der Waals surface area (Å²) in [6.45, 7) is 5.31. The van der Waals surface area contributed by atoms with Gasteiger partial charge < -0.3 is 10.0 Å². The number of piperidine rings is 1. The summed E-state index contributed by atoms with van der Waals surface area (Å²) >= 11 is 1.41. The number of hydrogen-bond donors (Lipinski definition) is 2. The number of aromatic nitrogens is 2. The van der Waals surface area contributed by atoms with Gasteiger partial charge in [0.2, 0.25) is 5.13 Å². The highest BCUT2D eigenvalue weighted by molar-refractivity contribution is 7.15. The molecule has 2 rings (SSSR count). The van der Waals surface area contributed by atoms with E-state index < -0.39 is 6.10 Å². The van der Waals surface area contributed by atoms with Gasteiger partial charge in [-0.1, -0.05) is 25.2 Å². The SMILES string of the molecule is CC(C)Cc1nnc(NC(=O)N2CCCC(O)C2)s1. The molecule has 2 heterocycles. The van der Waals surface area contributed by atoms with Crippen molar-refractivity contribution in [3.8, 4) is 0 Å². The van der Waals surface area contributed by atoms with Crippen LogP contribution in [0.5, 0.6) is 0 Å². The molecule has 0 spiro atoms. The normalized spacial score (nSPS) is 19.8. The number of likely N-dealkylation sites (tertiary alicyclic amines) is 1. The summed E-state index contributed by atoms with van der Waals surface area (Å²) in [5.41, 5.74) is 0. The van der Waals surface area contributed by atoms with Crippen LogP contribution in [0.4, 0.5) is 9.93 Å². The molecule has 7 heteroatoms. The van der Waals surface area contributed by atoms with E-state index in [0.717, 1.165) is 24.3 Å². The molecule has 1 aromatic rings. The molecule has 1 aromatic heterocycles. The van der Waals surface area contributed by atoms with Crippen LogP contribution in [0, 0.1) is 5.92 Å². The van der Waals surface area contributed by atoms with Crippen molar-refractivity contribution in [1.82, 2.24) is 15.1 Å². The molecule has 1 atom stereocenters. The van der Waals surface area contributed by atoms with Gasteiger partial charge in [0.15, 0.2) is 0 Å². The molecule has 1 saturated heterocycles. The van der Waals surface area contributed by atoms with Crippen molar-refractivity contribution in [1.29, 1.82) is 0 Å². The molecule has 2 N–H and O–H groups in total. The van der Waals surface area contributed by atoms with E-state index in [0.29, 0.717) is 24.1 Å². The Balaban J connectivity index is 1.89. The van der Waals surface area contributed by atoms with Crippen molar-refractivity contribution in [2.75, 3.05) is 18.4 Å². The number of carbonyl (C=O) groups excluding carboxylic acids is 1. The van der Waals surface area contributed by atoms with Crippen LogP contribution in [0.25, 0.3) is 0 Å². The molecule has 1 fully saturated rings. The molecule has 2 amide bonds. The van der Waals surface area contributed by atoms with E-state index >= 15 is 0 Å². The highest BCUT2D eigenvalue weighted by Gasteiger charge is 2.22. The third-order valence-electron chi connectivity index (χ3n) is 2.95. The molecular formula is C12H20N4O2S. The van der Waals surface area contributed by atoms with Gasteiger partial charge in [-0.05, 0) is 18.8 Å². The largest absolute Gasteiger partial charge is 0.391 e. The second-order valence-corrected chi connectivity index (χ2v) is 6.33. The number of amides is 2. The van der Waals surface area contributed by atoms with Gasteiger partial charge in [0.05, 0.1) is 6.10 Å². The second kappa shape index (κ2) is 6.29. The van der Waals surface area contributed by atoms with Crippen LogP contribution in [-0.2, 0) is 6.42 Å². The number of carbonyl (C=O) groups is 1. The van der Waals surface area contributed by atoms with Crippen molar-refractivity contribution in [2.24, 2.45) is 5.92 Å². The fraction of sp³-hybridized carbons (Fsp3) is 0.750. The van der Waals surface area contributed by atoms with E-state index in [2.05, 4.69) is 29.4 Å². The van der Waals surface area contributed by atoms with Crippen molar-refractivity contribution in [2.45, 2.75) is 39.2 Å². The van der Waals surface area contributed by atoms with Gasteiger partial charge in [-0.3, -0.25) is 5.32 Å². The molecule has 106 valence electrons. The number of rotatable bonds is 3. The van der Waals surface area contributed by atoms with Gasteiger partial charge in [0.1, 0.15) is 5.01 Å². The predicted molar refractivity (Wildman–Crippen MR) is 74.3 cm³/mol. The minimum atomic E-state index is -0.412. The Labute approximate surface area is 116 Å². The predicted octanol–water partition coefficient (Wildman–Crippen LogP) is 1.73. The molecular weight excluding hydrogens is 264 g/mol. The van der Waals surface area contributed by atoms with E-state index in [1.807, 2.05) is 0 Å². The highest BCUT2D eigenvalue weighted by atomic mass is 32.1. The van der Waals surface area contributed by atoms with E-state index in [1.54, 1.807) is 4.90 Å². The summed E-state index contributed by atoms with van der Waals surface area (Å²) in [7, 11) is 0. The van der Waals surface area contributed by atoms with Crippen molar-refractivity contribution in [3.63, 3.8) is 0 Å². The smallest absolute Gasteiger partial charge is 0.323 e. The molecule has 19 heavy (non-hydrogen) atoms. The number of aliphatic hydroxyl groups is 1. The van der Waals surface area contributed by atoms with Crippen LogP contribution < -0.4 is 5.32 Å². The quantitative estimate of drug-likeness (QED) is 0.886. The first kappa shape index (κ1) is 14.2. The Hall–Kier alpha value is -1.21. The van der Waals surface area contributed by atoms with Gasteiger partial charge in [0, 0.05) is 19.5 Å². The molecule has 1 unspecified atom stereocenters. The summed E-state index contributed by atoms with van der Waals surface area (Å²) in [5.74, 6) is 0.522. The third kappa shape index (κ3) is 4.14. The summed E-state index contributed by atoms with van der Waals surface area (Å²) in [6.07, 6.45) is 2.06. The maximum absolute atomic E-state index is 12.0. The third-order valence-corrected chi connectivity index (χ3v) is 3.81. The lowest BCUT2D eigenvalue weighted by Crippen LogP contribution is -2.44. The number of nitrogens with one attached hydrogen (secondary N) is 1. The maximum Gasteiger partial charge on any atom is 0.323 e. The summed E-state index contributed by atoms with van der Waals surface area (Å²) < 4.78 is 0. The zero-order valence-corrected chi connectivity index (χ0v) is 12.1. The van der Waals surface area contributed by atoms with Crippen molar-refractivity contribution in [3.05, 3.63) is 5.01 Å². The molecule has 0 bridgehead atoms. The van der Waals surface area contributed by atoms with Crippen LogP contribution in [0.15, 0.2) is 0 Å². The number of hydrogen-bond acceptors (Lipinski definition) is 5.